The Hall–Kier alpha value is -2.55. The van der Waals surface area contributed by atoms with Gasteiger partial charge in [0.25, 0.3) is 5.91 Å². The van der Waals surface area contributed by atoms with Crippen molar-refractivity contribution in [2.45, 2.75) is 18.7 Å². The number of nitrogens with one attached hydrogen (secondary N) is 2. The van der Waals surface area contributed by atoms with Crippen LogP contribution < -0.4 is 10.3 Å². The lowest BCUT2D eigenvalue weighted by molar-refractivity contribution is -0.895. The third-order valence-electron chi connectivity index (χ3n) is 5.08. The molecule has 1 fully saturated rings. The van der Waals surface area contributed by atoms with Crippen molar-refractivity contribution >= 4 is 22.1 Å². The zero-order chi connectivity index (χ0) is 20.9. The number of quaternary nitrogens is 1. The minimum Gasteiger partial charge on any atom is -0.325 e. The van der Waals surface area contributed by atoms with Gasteiger partial charge in [0.05, 0.1) is 37.3 Å². The largest absolute Gasteiger partial charge is 0.325 e. The molecule has 1 aliphatic rings. The van der Waals surface area contributed by atoms with Gasteiger partial charge in [0.2, 0.25) is 10.0 Å². The second kappa shape index (κ2) is 9.30. The molecule has 3 rings (SSSR count). The molecule has 7 nitrogen and oxygen atoms in total. The van der Waals surface area contributed by atoms with Gasteiger partial charge in [0, 0.05) is 0 Å². The van der Waals surface area contributed by atoms with E-state index in [1.807, 2.05) is 38.1 Å². The van der Waals surface area contributed by atoms with Gasteiger partial charge in [-0.3, -0.25) is 4.79 Å². The van der Waals surface area contributed by atoms with Crippen LogP contribution in [0, 0.1) is 13.8 Å². The molecule has 0 aliphatic carbocycles. The van der Waals surface area contributed by atoms with Gasteiger partial charge < -0.3 is 4.90 Å². The number of piperazine rings is 1. The maximum Gasteiger partial charge on any atom is 0.295 e. The molecule has 0 aromatic heterocycles. The van der Waals surface area contributed by atoms with E-state index in [0.29, 0.717) is 31.1 Å². The van der Waals surface area contributed by atoms with E-state index in [9.17, 15) is 13.2 Å². The summed E-state index contributed by atoms with van der Waals surface area (Å²) in [6.07, 6.45) is 1.63. The topological polar surface area (TPSA) is 83.3 Å². The second-order valence-electron chi connectivity index (χ2n) is 7.29. The lowest BCUT2D eigenvalue weighted by atomic mass is 10.1. The van der Waals surface area contributed by atoms with Crippen molar-refractivity contribution in [2.24, 2.45) is 5.10 Å². The third kappa shape index (κ3) is 5.50. The van der Waals surface area contributed by atoms with E-state index in [0.717, 1.165) is 21.6 Å². The summed E-state index contributed by atoms with van der Waals surface area (Å²) < 4.78 is 27.0. The molecule has 1 saturated heterocycles. The predicted molar refractivity (Wildman–Crippen MR) is 112 cm³/mol. The highest BCUT2D eigenvalue weighted by molar-refractivity contribution is 7.89. The molecule has 0 radical (unpaired) electrons. The first-order valence-electron chi connectivity index (χ1n) is 9.64. The average molecular weight is 416 g/mol. The van der Waals surface area contributed by atoms with E-state index in [4.69, 9.17) is 0 Å². The van der Waals surface area contributed by atoms with Gasteiger partial charge in [0.15, 0.2) is 6.54 Å². The Morgan fingerprint density at radius 3 is 2.41 bits per heavy atom. The maximum absolute atomic E-state index is 12.7. The summed E-state index contributed by atoms with van der Waals surface area (Å²) in [5, 5.41) is 4.02. The summed E-state index contributed by atoms with van der Waals surface area (Å²) in [5.41, 5.74) is 5.62. The number of carbonyl (C=O) groups is 1. The number of amides is 1. The number of benzene rings is 2. The molecule has 0 atom stereocenters. The number of aryl methyl sites for hydroxylation is 2. The van der Waals surface area contributed by atoms with Crippen molar-refractivity contribution in [1.29, 1.82) is 0 Å². The first-order chi connectivity index (χ1) is 13.9. The lowest BCUT2D eigenvalue weighted by Crippen LogP contribution is -3.15. The Balaban J connectivity index is 1.48. The number of hydrogen-bond acceptors (Lipinski definition) is 4. The number of rotatable bonds is 6. The Morgan fingerprint density at radius 2 is 1.76 bits per heavy atom. The van der Waals surface area contributed by atoms with E-state index in [1.54, 1.807) is 30.5 Å². The number of carbonyl (C=O) groups excluding carboxylic acids is 1. The molecule has 154 valence electrons. The normalized spacial score (nSPS) is 16.2. The predicted octanol–water partition coefficient (Wildman–Crippen LogP) is 0.343. The van der Waals surface area contributed by atoms with Crippen LogP contribution in [0.2, 0.25) is 0 Å². The van der Waals surface area contributed by atoms with Crippen LogP contribution >= 0.6 is 0 Å². The zero-order valence-corrected chi connectivity index (χ0v) is 17.6. The monoisotopic (exact) mass is 415 g/mol. The molecule has 0 bridgehead atoms. The summed E-state index contributed by atoms with van der Waals surface area (Å²) in [4.78, 5) is 13.5. The van der Waals surface area contributed by atoms with Crippen LogP contribution in [0.5, 0.6) is 0 Å². The summed E-state index contributed by atoms with van der Waals surface area (Å²) >= 11 is 0. The first-order valence-corrected chi connectivity index (χ1v) is 11.1. The number of hydrazone groups is 1. The van der Waals surface area contributed by atoms with Gasteiger partial charge in [0.1, 0.15) is 0 Å². The first kappa shape index (κ1) is 21.2. The fraction of sp³-hybridized carbons (Fsp3) is 0.333. The van der Waals surface area contributed by atoms with Crippen LogP contribution in [0.25, 0.3) is 0 Å². The van der Waals surface area contributed by atoms with Crippen LogP contribution in [0.4, 0.5) is 0 Å². The SMILES string of the molecule is Cc1ccc(S(=O)(=O)N2CC[NH+](CC(=O)N/N=C\c3ccccc3C)CC2)cc1. The smallest absolute Gasteiger partial charge is 0.295 e. The zero-order valence-electron chi connectivity index (χ0n) is 16.8. The highest BCUT2D eigenvalue weighted by Gasteiger charge is 2.31. The molecule has 2 N–H and O–H groups in total. The molecule has 0 unspecified atom stereocenters. The van der Waals surface area contributed by atoms with Crippen molar-refractivity contribution in [3.63, 3.8) is 0 Å². The maximum atomic E-state index is 12.7. The average Bonchev–Trinajstić information content (AvgIpc) is 2.70. The Morgan fingerprint density at radius 1 is 1.10 bits per heavy atom. The standard InChI is InChI=1S/C21H26N4O3S/c1-17-7-9-20(10-8-17)29(27,28)25-13-11-24(12-14-25)16-21(26)23-22-15-19-6-4-3-5-18(19)2/h3-10,15H,11-14,16H2,1-2H3,(H,23,26)/p+1/b22-15-. The molecular formula is C21H27N4O3S+. The Kier molecular flexibility index (Phi) is 6.79. The van der Waals surface area contributed by atoms with Crippen LogP contribution in [-0.2, 0) is 14.8 Å². The molecule has 1 aliphatic heterocycles. The van der Waals surface area contributed by atoms with Crippen molar-refractivity contribution in [1.82, 2.24) is 9.73 Å². The lowest BCUT2D eigenvalue weighted by Gasteiger charge is -2.31. The summed E-state index contributed by atoms with van der Waals surface area (Å²) in [7, 11) is -3.48. The number of nitrogens with zero attached hydrogens (tertiary/aromatic N) is 2. The van der Waals surface area contributed by atoms with Gasteiger partial charge in [-0.25, -0.2) is 13.8 Å². The van der Waals surface area contributed by atoms with Crippen molar-refractivity contribution in [3.8, 4) is 0 Å². The second-order valence-corrected chi connectivity index (χ2v) is 9.23. The van der Waals surface area contributed by atoms with Crippen LogP contribution in [0.15, 0.2) is 58.5 Å². The minimum absolute atomic E-state index is 0.181. The highest BCUT2D eigenvalue weighted by atomic mass is 32.2. The fourth-order valence-corrected chi connectivity index (χ4v) is 4.69. The molecule has 8 heteroatoms. The van der Waals surface area contributed by atoms with Gasteiger partial charge in [-0.15, -0.1) is 0 Å². The summed E-state index contributed by atoms with van der Waals surface area (Å²) in [6, 6.07) is 14.7. The molecule has 1 amide bonds. The van der Waals surface area contributed by atoms with Crippen molar-refractivity contribution in [3.05, 3.63) is 65.2 Å². The third-order valence-corrected chi connectivity index (χ3v) is 6.99. The van der Waals surface area contributed by atoms with Crippen molar-refractivity contribution in [2.75, 3.05) is 32.7 Å². The van der Waals surface area contributed by atoms with E-state index in [2.05, 4.69) is 10.5 Å². The van der Waals surface area contributed by atoms with Gasteiger partial charge in [-0.05, 0) is 37.1 Å². The van der Waals surface area contributed by atoms with E-state index in [-0.39, 0.29) is 12.5 Å². The Bertz CT molecular complexity index is 979. The van der Waals surface area contributed by atoms with Gasteiger partial charge in [-0.1, -0.05) is 42.0 Å². The number of sulfonamides is 1. The van der Waals surface area contributed by atoms with Crippen LogP contribution in [-0.4, -0.2) is 57.6 Å². The van der Waals surface area contributed by atoms with Crippen molar-refractivity contribution < 1.29 is 18.1 Å². The van der Waals surface area contributed by atoms with E-state index < -0.39 is 10.0 Å². The van der Waals surface area contributed by atoms with E-state index in [1.165, 1.54) is 4.31 Å². The Labute approximate surface area is 172 Å². The molecule has 2 aromatic rings. The molecule has 1 heterocycles. The molecule has 29 heavy (non-hydrogen) atoms. The minimum atomic E-state index is -3.48. The fourth-order valence-electron chi connectivity index (χ4n) is 3.25. The van der Waals surface area contributed by atoms with Crippen LogP contribution in [0.3, 0.4) is 0 Å². The summed E-state index contributed by atoms with van der Waals surface area (Å²) in [6.45, 7) is 6.13. The van der Waals surface area contributed by atoms with Gasteiger partial charge in [-0.2, -0.15) is 9.41 Å². The molecule has 0 saturated carbocycles. The highest BCUT2D eigenvalue weighted by Crippen LogP contribution is 2.16. The van der Waals surface area contributed by atoms with Crippen LogP contribution in [0.1, 0.15) is 16.7 Å². The number of hydrogen-bond donors (Lipinski definition) is 2. The summed E-state index contributed by atoms with van der Waals surface area (Å²) in [5.74, 6) is -0.181. The molecule has 2 aromatic carbocycles. The molecular weight excluding hydrogens is 388 g/mol. The quantitative estimate of drug-likeness (QED) is 0.527. The molecule has 0 spiro atoms. The van der Waals surface area contributed by atoms with E-state index >= 15 is 0 Å². The van der Waals surface area contributed by atoms with Gasteiger partial charge >= 0.3 is 0 Å².